The Hall–Kier alpha value is -1.52. The van der Waals surface area contributed by atoms with Crippen molar-refractivity contribution in [2.75, 3.05) is 22.9 Å². The maximum Gasteiger partial charge on any atom is 0.223 e. The first-order valence-corrected chi connectivity index (χ1v) is 7.39. The maximum atomic E-state index is 5.78. The summed E-state index contributed by atoms with van der Waals surface area (Å²) in [6, 6.07) is 2.55. The number of nitrogens with two attached hydrogens (primary N) is 1. The largest absolute Gasteiger partial charge is 0.370 e. The van der Waals surface area contributed by atoms with Gasteiger partial charge in [-0.05, 0) is 37.5 Å². The van der Waals surface area contributed by atoms with Gasteiger partial charge in [0, 0.05) is 18.7 Å². The number of nitrogens with zero attached hydrogens (tertiary/aromatic N) is 2. The standard InChI is InChI=1S/C14H23N5/c1-2-5-16-12-8-13(19-14(15)18-12)17-11-7-9-3-4-10(11)6-9/h8-11H,2-7H2,1H3,(H4,15,16,17,18,19). The van der Waals surface area contributed by atoms with E-state index in [2.05, 4.69) is 27.5 Å². The first kappa shape index (κ1) is 12.5. The van der Waals surface area contributed by atoms with Gasteiger partial charge < -0.3 is 16.4 Å². The van der Waals surface area contributed by atoms with Crippen LogP contribution in [0.15, 0.2) is 6.07 Å². The van der Waals surface area contributed by atoms with E-state index in [0.717, 1.165) is 36.4 Å². The Morgan fingerprint density at radius 2 is 2.11 bits per heavy atom. The molecule has 2 bridgehead atoms. The molecule has 1 heterocycles. The van der Waals surface area contributed by atoms with Crippen LogP contribution in [0.3, 0.4) is 0 Å². The molecule has 1 aromatic rings. The fourth-order valence-electron chi connectivity index (χ4n) is 3.49. The predicted molar refractivity (Wildman–Crippen MR) is 78.1 cm³/mol. The van der Waals surface area contributed by atoms with Gasteiger partial charge in [0.15, 0.2) is 0 Å². The lowest BCUT2D eigenvalue weighted by molar-refractivity contribution is 0.439. The highest BCUT2D eigenvalue weighted by Crippen LogP contribution is 2.45. The average Bonchev–Trinajstić information content (AvgIpc) is 2.98. The third-order valence-electron chi connectivity index (χ3n) is 4.37. The Bertz CT molecular complexity index is 447. The minimum Gasteiger partial charge on any atom is -0.370 e. The number of nitrogen functional groups attached to an aromatic ring is 1. The van der Waals surface area contributed by atoms with Crippen molar-refractivity contribution in [1.82, 2.24) is 9.97 Å². The Morgan fingerprint density at radius 1 is 1.26 bits per heavy atom. The van der Waals surface area contributed by atoms with Gasteiger partial charge in [-0.1, -0.05) is 13.3 Å². The number of rotatable bonds is 5. The summed E-state index contributed by atoms with van der Waals surface area (Å²) in [6.07, 6.45) is 6.52. The number of fused-ring (bicyclic) bond motifs is 2. The van der Waals surface area contributed by atoms with Crippen LogP contribution in [-0.2, 0) is 0 Å². The minimum absolute atomic E-state index is 0.340. The second kappa shape index (κ2) is 5.23. The summed E-state index contributed by atoms with van der Waals surface area (Å²) >= 11 is 0. The minimum atomic E-state index is 0.340. The molecule has 104 valence electrons. The molecule has 5 heteroatoms. The van der Waals surface area contributed by atoms with Crippen molar-refractivity contribution < 1.29 is 0 Å². The molecule has 4 N–H and O–H groups in total. The van der Waals surface area contributed by atoms with E-state index in [1.807, 2.05) is 6.07 Å². The summed E-state index contributed by atoms with van der Waals surface area (Å²) in [6.45, 7) is 3.04. The van der Waals surface area contributed by atoms with Gasteiger partial charge in [-0.2, -0.15) is 9.97 Å². The molecule has 0 amide bonds. The van der Waals surface area contributed by atoms with E-state index >= 15 is 0 Å². The first-order valence-electron chi connectivity index (χ1n) is 7.39. The van der Waals surface area contributed by atoms with Crippen LogP contribution in [0.5, 0.6) is 0 Å². The van der Waals surface area contributed by atoms with Crippen LogP contribution < -0.4 is 16.4 Å². The van der Waals surface area contributed by atoms with E-state index in [1.54, 1.807) is 0 Å². The predicted octanol–water partition coefficient (Wildman–Crippen LogP) is 2.48. The molecule has 0 radical (unpaired) electrons. The monoisotopic (exact) mass is 261 g/mol. The number of hydrogen-bond acceptors (Lipinski definition) is 5. The van der Waals surface area contributed by atoms with Crippen LogP contribution >= 0.6 is 0 Å². The number of nitrogens with one attached hydrogen (secondary N) is 2. The van der Waals surface area contributed by atoms with Gasteiger partial charge in [-0.25, -0.2) is 0 Å². The van der Waals surface area contributed by atoms with Crippen molar-refractivity contribution in [3.05, 3.63) is 6.07 Å². The van der Waals surface area contributed by atoms with Crippen molar-refractivity contribution >= 4 is 17.6 Å². The summed E-state index contributed by atoms with van der Waals surface area (Å²) in [7, 11) is 0. The van der Waals surface area contributed by atoms with Gasteiger partial charge in [0.05, 0.1) is 0 Å². The zero-order chi connectivity index (χ0) is 13.2. The quantitative estimate of drug-likeness (QED) is 0.759. The number of aromatic nitrogens is 2. The summed E-state index contributed by atoms with van der Waals surface area (Å²) < 4.78 is 0. The van der Waals surface area contributed by atoms with E-state index < -0.39 is 0 Å². The maximum absolute atomic E-state index is 5.78. The molecule has 0 aromatic carbocycles. The highest BCUT2D eigenvalue weighted by Gasteiger charge is 2.39. The average molecular weight is 261 g/mol. The molecule has 0 aliphatic heterocycles. The van der Waals surface area contributed by atoms with E-state index in [0.29, 0.717) is 12.0 Å². The summed E-state index contributed by atoms with van der Waals surface area (Å²) in [5, 5.41) is 6.82. The van der Waals surface area contributed by atoms with Crippen LogP contribution in [0.2, 0.25) is 0 Å². The molecule has 0 spiro atoms. The van der Waals surface area contributed by atoms with E-state index in [4.69, 9.17) is 5.73 Å². The first-order chi connectivity index (χ1) is 9.24. The molecule has 0 saturated heterocycles. The van der Waals surface area contributed by atoms with Crippen LogP contribution in [0.1, 0.15) is 39.0 Å². The number of hydrogen-bond donors (Lipinski definition) is 3. The summed E-state index contributed by atoms with van der Waals surface area (Å²) in [5.74, 6) is 3.78. The van der Waals surface area contributed by atoms with Crippen LogP contribution in [-0.4, -0.2) is 22.6 Å². The molecule has 2 aliphatic carbocycles. The van der Waals surface area contributed by atoms with Gasteiger partial charge in [0.1, 0.15) is 11.6 Å². The molecule has 5 nitrogen and oxygen atoms in total. The molecular weight excluding hydrogens is 238 g/mol. The normalized spacial score (nSPS) is 28.6. The second-order valence-corrected chi connectivity index (χ2v) is 5.85. The molecule has 19 heavy (non-hydrogen) atoms. The van der Waals surface area contributed by atoms with Gasteiger partial charge in [0.25, 0.3) is 0 Å². The van der Waals surface area contributed by atoms with Crippen molar-refractivity contribution in [2.24, 2.45) is 11.8 Å². The zero-order valence-electron chi connectivity index (χ0n) is 11.5. The lowest BCUT2D eigenvalue weighted by Gasteiger charge is -2.23. The Morgan fingerprint density at radius 3 is 2.79 bits per heavy atom. The van der Waals surface area contributed by atoms with E-state index in [1.165, 1.54) is 25.7 Å². The molecule has 3 rings (SSSR count). The SMILES string of the molecule is CCCNc1cc(NC2CC3CCC2C3)nc(N)n1. The molecule has 2 saturated carbocycles. The topological polar surface area (TPSA) is 75.9 Å². The Balaban J connectivity index is 1.68. The smallest absolute Gasteiger partial charge is 0.223 e. The van der Waals surface area contributed by atoms with Crippen molar-refractivity contribution in [1.29, 1.82) is 0 Å². The summed E-state index contributed by atoms with van der Waals surface area (Å²) in [4.78, 5) is 8.51. The molecule has 3 unspecified atom stereocenters. The molecule has 2 aliphatic rings. The lowest BCUT2D eigenvalue weighted by Crippen LogP contribution is -2.26. The van der Waals surface area contributed by atoms with Gasteiger partial charge >= 0.3 is 0 Å². The second-order valence-electron chi connectivity index (χ2n) is 5.85. The summed E-state index contributed by atoms with van der Waals surface area (Å²) in [5.41, 5.74) is 5.78. The van der Waals surface area contributed by atoms with E-state index in [-0.39, 0.29) is 0 Å². The molecule has 3 atom stereocenters. The molecule has 2 fully saturated rings. The Kier molecular flexibility index (Phi) is 3.44. The van der Waals surface area contributed by atoms with Crippen LogP contribution in [0.4, 0.5) is 17.6 Å². The lowest BCUT2D eigenvalue weighted by atomic mass is 9.95. The third kappa shape index (κ3) is 2.74. The van der Waals surface area contributed by atoms with Crippen molar-refractivity contribution in [3.63, 3.8) is 0 Å². The number of anilines is 3. The van der Waals surface area contributed by atoms with Gasteiger partial charge in [0.2, 0.25) is 5.95 Å². The Labute approximate surface area is 114 Å². The molecular formula is C14H23N5. The highest BCUT2D eigenvalue weighted by atomic mass is 15.1. The third-order valence-corrected chi connectivity index (χ3v) is 4.37. The van der Waals surface area contributed by atoms with Crippen LogP contribution in [0.25, 0.3) is 0 Å². The fourth-order valence-corrected chi connectivity index (χ4v) is 3.49. The van der Waals surface area contributed by atoms with Gasteiger partial charge in [-0.15, -0.1) is 0 Å². The van der Waals surface area contributed by atoms with Crippen molar-refractivity contribution in [2.45, 2.75) is 45.1 Å². The van der Waals surface area contributed by atoms with E-state index in [9.17, 15) is 0 Å². The van der Waals surface area contributed by atoms with Crippen molar-refractivity contribution in [3.8, 4) is 0 Å². The highest BCUT2D eigenvalue weighted by molar-refractivity contribution is 5.51. The van der Waals surface area contributed by atoms with Crippen LogP contribution in [0, 0.1) is 11.8 Å². The molecule has 1 aromatic heterocycles. The zero-order valence-corrected chi connectivity index (χ0v) is 11.5. The fraction of sp³-hybridized carbons (Fsp3) is 0.714. The van der Waals surface area contributed by atoms with Gasteiger partial charge in [-0.3, -0.25) is 0 Å².